The van der Waals surface area contributed by atoms with Crippen LogP contribution in [-0.2, 0) is 11.3 Å². The van der Waals surface area contributed by atoms with E-state index in [0.29, 0.717) is 17.8 Å². The van der Waals surface area contributed by atoms with Crippen LogP contribution in [0, 0.1) is 0 Å². The number of nitrogens with one attached hydrogen (secondary N) is 3. The fourth-order valence-corrected chi connectivity index (χ4v) is 3.28. The maximum atomic E-state index is 12.2. The summed E-state index contributed by atoms with van der Waals surface area (Å²) in [5.74, 6) is -0.470. The van der Waals surface area contributed by atoms with Crippen molar-refractivity contribution < 1.29 is 9.59 Å². The molecule has 0 aliphatic heterocycles. The molecule has 0 saturated carbocycles. The number of anilines is 1. The molecule has 0 bridgehead atoms. The quantitative estimate of drug-likeness (QED) is 0.412. The van der Waals surface area contributed by atoms with Gasteiger partial charge in [0.2, 0.25) is 5.91 Å². The number of benzene rings is 2. The fraction of sp³-hybridized carbons (Fsp3) is 0.0455. The Hall–Kier alpha value is -3.29. The van der Waals surface area contributed by atoms with Crippen LogP contribution in [0.5, 0.6) is 0 Å². The largest absolute Gasteiger partial charge is 0.348 e. The molecule has 2 aromatic carbocycles. The molecule has 7 heteroatoms. The van der Waals surface area contributed by atoms with Gasteiger partial charge in [-0.3, -0.25) is 14.9 Å². The summed E-state index contributed by atoms with van der Waals surface area (Å²) < 4.78 is 0. The Kier molecular flexibility index (Phi) is 7.27. The van der Waals surface area contributed by atoms with Crippen molar-refractivity contribution in [2.75, 3.05) is 5.32 Å². The molecule has 3 rings (SSSR count). The molecule has 0 unspecified atom stereocenters. The number of carbonyl (C=O) groups is 2. The van der Waals surface area contributed by atoms with E-state index >= 15 is 0 Å². The first-order valence-electron chi connectivity index (χ1n) is 8.86. The molecule has 0 aliphatic carbocycles. The molecule has 2 amide bonds. The Balaban J connectivity index is 1.47. The Morgan fingerprint density at radius 1 is 0.966 bits per heavy atom. The zero-order chi connectivity index (χ0) is 20.5. The zero-order valence-electron chi connectivity index (χ0n) is 15.4. The molecule has 1 heterocycles. The first-order valence-corrected chi connectivity index (χ1v) is 10.1. The predicted octanol–water partition coefficient (Wildman–Crippen LogP) is 4.20. The molecule has 0 spiro atoms. The molecule has 3 aromatic rings. The second-order valence-electron chi connectivity index (χ2n) is 6.04. The van der Waals surface area contributed by atoms with E-state index in [9.17, 15) is 9.59 Å². The highest BCUT2D eigenvalue weighted by atomic mass is 32.1. The van der Waals surface area contributed by atoms with E-state index in [-0.39, 0.29) is 16.9 Å². The number of thiophene rings is 1. The van der Waals surface area contributed by atoms with E-state index in [1.54, 1.807) is 41.7 Å². The highest BCUT2D eigenvalue weighted by Crippen LogP contribution is 2.11. The number of hydrogen-bond donors (Lipinski definition) is 3. The Labute approximate surface area is 178 Å². The standard InChI is InChI=1S/C22H19N3O2S2/c26-20(13-12-19-7-4-14-29-19)25-22(28)24-18-10-8-17(9-11-18)21(27)23-15-16-5-2-1-3-6-16/h1-14H,15H2,(H,23,27)(H2,24,25,26,28)/b13-12+. The SMILES string of the molecule is O=C(/C=C/c1cccs1)NC(=S)Nc1ccc(C(=O)NCc2ccccc2)cc1. The van der Waals surface area contributed by atoms with Gasteiger partial charge in [-0.2, -0.15) is 0 Å². The number of carbonyl (C=O) groups excluding carboxylic acids is 2. The maximum absolute atomic E-state index is 12.2. The van der Waals surface area contributed by atoms with E-state index in [0.717, 1.165) is 10.4 Å². The van der Waals surface area contributed by atoms with Crippen molar-refractivity contribution in [1.82, 2.24) is 10.6 Å². The molecule has 1 aromatic heterocycles. The van der Waals surface area contributed by atoms with Crippen LogP contribution in [0.2, 0.25) is 0 Å². The molecule has 3 N–H and O–H groups in total. The Morgan fingerprint density at radius 3 is 2.41 bits per heavy atom. The lowest BCUT2D eigenvalue weighted by Crippen LogP contribution is -2.32. The van der Waals surface area contributed by atoms with Crippen LogP contribution in [0.3, 0.4) is 0 Å². The van der Waals surface area contributed by atoms with Crippen molar-refractivity contribution >= 4 is 52.2 Å². The highest BCUT2D eigenvalue weighted by Gasteiger charge is 2.06. The second kappa shape index (κ2) is 10.3. The third-order valence-electron chi connectivity index (χ3n) is 3.88. The maximum Gasteiger partial charge on any atom is 0.251 e. The molecule has 0 radical (unpaired) electrons. The van der Waals surface area contributed by atoms with Gasteiger partial charge in [0.1, 0.15) is 0 Å². The van der Waals surface area contributed by atoms with E-state index in [1.165, 1.54) is 6.08 Å². The van der Waals surface area contributed by atoms with E-state index in [1.807, 2.05) is 47.8 Å². The van der Waals surface area contributed by atoms with Gasteiger partial charge in [-0.15, -0.1) is 11.3 Å². The molecule has 29 heavy (non-hydrogen) atoms. The van der Waals surface area contributed by atoms with Gasteiger partial charge >= 0.3 is 0 Å². The van der Waals surface area contributed by atoms with Crippen LogP contribution in [-0.4, -0.2) is 16.9 Å². The number of thiocarbonyl (C=S) groups is 1. The summed E-state index contributed by atoms with van der Waals surface area (Å²) >= 11 is 6.70. The van der Waals surface area contributed by atoms with Crippen molar-refractivity contribution in [3.05, 3.63) is 94.2 Å². The van der Waals surface area contributed by atoms with Crippen LogP contribution in [0.15, 0.2) is 78.2 Å². The number of amides is 2. The lowest BCUT2D eigenvalue weighted by atomic mass is 10.2. The smallest absolute Gasteiger partial charge is 0.251 e. The molecule has 146 valence electrons. The van der Waals surface area contributed by atoms with Crippen molar-refractivity contribution in [1.29, 1.82) is 0 Å². The van der Waals surface area contributed by atoms with Crippen molar-refractivity contribution in [3.63, 3.8) is 0 Å². The minimum atomic E-state index is -0.312. The summed E-state index contributed by atoms with van der Waals surface area (Å²) in [6.45, 7) is 0.467. The van der Waals surface area contributed by atoms with Crippen LogP contribution in [0.4, 0.5) is 5.69 Å². The number of rotatable bonds is 6. The lowest BCUT2D eigenvalue weighted by molar-refractivity contribution is -0.115. The summed E-state index contributed by atoms with van der Waals surface area (Å²) in [4.78, 5) is 25.1. The van der Waals surface area contributed by atoms with Crippen LogP contribution in [0.1, 0.15) is 20.8 Å². The fourth-order valence-electron chi connectivity index (χ4n) is 2.45. The van der Waals surface area contributed by atoms with E-state index in [4.69, 9.17) is 12.2 Å². The number of hydrogen-bond acceptors (Lipinski definition) is 4. The second-order valence-corrected chi connectivity index (χ2v) is 7.43. The van der Waals surface area contributed by atoms with Gasteiger partial charge in [0.05, 0.1) is 0 Å². The Morgan fingerprint density at radius 2 is 1.72 bits per heavy atom. The zero-order valence-corrected chi connectivity index (χ0v) is 17.1. The van der Waals surface area contributed by atoms with Gasteiger partial charge in [-0.25, -0.2) is 0 Å². The summed E-state index contributed by atoms with van der Waals surface area (Å²) in [5, 5.41) is 10.5. The van der Waals surface area contributed by atoms with Crippen LogP contribution < -0.4 is 16.0 Å². The predicted molar refractivity (Wildman–Crippen MR) is 122 cm³/mol. The average molecular weight is 422 g/mol. The molecule has 0 fully saturated rings. The van der Waals surface area contributed by atoms with Crippen LogP contribution >= 0.6 is 23.6 Å². The molecule has 0 saturated heterocycles. The van der Waals surface area contributed by atoms with E-state index in [2.05, 4.69) is 16.0 Å². The molecular formula is C22H19N3O2S2. The van der Waals surface area contributed by atoms with Gasteiger partial charge in [-0.05, 0) is 59.6 Å². The third-order valence-corrected chi connectivity index (χ3v) is 4.92. The van der Waals surface area contributed by atoms with Crippen molar-refractivity contribution in [3.8, 4) is 0 Å². The van der Waals surface area contributed by atoms with Gasteiger partial charge in [-0.1, -0.05) is 36.4 Å². The Bertz CT molecular complexity index is 998. The molecule has 5 nitrogen and oxygen atoms in total. The first kappa shape index (κ1) is 20.4. The van der Waals surface area contributed by atoms with Gasteiger partial charge in [0, 0.05) is 28.7 Å². The van der Waals surface area contributed by atoms with E-state index < -0.39 is 0 Å². The first-order chi connectivity index (χ1) is 14.1. The average Bonchev–Trinajstić information content (AvgIpc) is 3.25. The summed E-state index contributed by atoms with van der Waals surface area (Å²) in [6, 6.07) is 20.4. The van der Waals surface area contributed by atoms with Gasteiger partial charge < -0.3 is 10.6 Å². The van der Waals surface area contributed by atoms with Gasteiger partial charge in [0.15, 0.2) is 5.11 Å². The lowest BCUT2D eigenvalue weighted by Gasteiger charge is -2.09. The van der Waals surface area contributed by atoms with Crippen LogP contribution in [0.25, 0.3) is 6.08 Å². The monoisotopic (exact) mass is 421 g/mol. The topological polar surface area (TPSA) is 70.2 Å². The van der Waals surface area contributed by atoms with Gasteiger partial charge in [0.25, 0.3) is 5.91 Å². The molecule has 0 aliphatic rings. The normalized spacial score (nSPS) is 10.5. The molecule has 0 atom stereocenters. The molecular weight excluding hydrogens is 402 g/mol. The van der Waals surface area contributed by atoms with Crippen molar-refractivity contribution in [2.24, 2.45) is 0 Å². The minimum absolute atomic E-state index is 0.157. The minimum Gasteiger partial charge on any atom is -0.348 e. The summed E-state index contributed by atoms with van der Waals surface area (Å²) in [5.41, 5.74) is 2.26. The summed E-state index contributed by atoms with van der Waals surface area (Å²) in [7, 11) is 0. The highest BCUT2D eigenvalue weighted by molar-refractivity contribution is 7.80. The summed E-state index contributed by atoms with van der Waals surface area (Å²) in [6.07, 6.45) is 3.16. The van der Waals surface area contributed by atoms with Crippen molar-refractivity contribution in [2.45, 2.75) is 6.54 Å². The third kappa shape index (κ3) is 6.67.